The van der Waals surface area contributed by atoms with Crippen LogP contribution < -0.4 is 5.73 Å². The smallest absolute Gasteiger partial charge is 0.322 e. The van der Waals surface area contributed by atoms with E-state index in [1.54, 1.807) is 18.0 Å². The van der Waals surface area contributed by atoms with Crippen molar-refractivity contribution >= 4 is 17.6 Å². The molecule has 0 aliphatic heterocycles. The van der Waals surface area contributed by atoms with Crippen LogP contribution in [-0.4, -0.2) is 35.6 Å². The number of halogens is 1. The summed E-state index contributed by atoms with van der Waals surface area (Å²) in [5.74, 6) is -0.910. The van der Waals surface area contributed by atoms with Crippen LogP contribution in [0.25, 0.3) is 0 Å². The highest BCUT2D eigenvalue weighted by Crippen LogP contribution is 2.13. The molecule has 88 valence electrons. The Labute approximate surface area is 99.6 Å². The summed E-state index contributed by atoms with van der Waals surface area (Å²) in [6, 6.07) is 6.66. The lowest BCUT2D eigenvalue weighted by molar-refractivity contribution is -0.142. The number of nitrogens with two attached hydrogens (primary N) is 1. The van der Waals surface area contributed by atoms with Gasteiger partial charge in [0.15, 0.2) is 0 Å². The van der Waals surface area contributed by atoms with E-state index >= 15 is 0 Å². The molecule has 16 heavy (non-hydrogen) atoms. The molecule has 4 nitrogen and oxygen atoms in total. The second-order valence-corrected chi connectivity index (χ2v) is 4.07. The third-order valence-corrected chi connectivity index (χ3v) is 2.60. The maximum Gasteiger partial charge on any atom is 0.322 e. The van der Waals surface area contributed by atoms with Gasteiger partial charge in [-0.25, -0.2) is 0 Å². The normalized spacial score (nSPS) is 12.8. The fourth-order valence-electron chi connectivity index (χ4n) is 1.50. The molecule has 0 amide bonds. The van der Waals surface area contributed by atoms with Gasteiger partial charge < -0.3 is 10.8 Å². The Hall–Kier alpha value is -1.10. The second kappa shape index (κ2) is 5.84. The lowest BCUT2D eigenvalue weighted by atomic mass is 10.2. The minimum absolute atomic E-state index is 0.0897. The maximum absolute atomic E-state index is 10.9. The van der Waals surface area contributed by atoms with Crippen LogP contribution in [0.4, 0.5) is 0 Å². The van der Waals surface area contributed by atoms with Gasteiger partial charge >= 0.3 is 5.97 Å². The van der Waals surface area contributed by atoms with Gasteiger partial charge in [0.05, 0.1) is 0 Å². The number of hydrogen-bond acceptors (Lipinski definition) is 3. The average molecular weight is 243 g/mol. The lowest BCUT2D eigenvalue weighted by Gasteiger charge is -2.23. The molecule has 0 aliphatic carbocycles. The Kier molecular flexibility index (Phi) is 4.73. The number of carboxylic acid groups (broad SMARTS) is 1. The second-order valence-electron chi connectivity index (χ2n) is 3.63. The summed E-state index contributed by atoms with van der Waals surface area (Å²) in [6.45, 7) is 0.598. The topological polar surface area (TPSA) is 66.6 Å². The van der Waals surface area contributed by atoms with Crippen LogP contribution in [0.1, 0.15) is 5.56 Å². The fourth-order valence-corrected chi connectivity index (χ4v) is 1.72. The summed E-state index contributed by atoms with van der Waals surface area (Å²) in [5.41, 5.74) is 6.38. The molecule has 1 aromatic rings. The standard InChI is InChI=1S/C11H15ClN2O2/c1-14(10(6-13)11(15)16)7-8-3-2-4-9(12)5-8/h2-5,10H,6-7,13H2,1H3,(H,15,16). The van der Waals surface area contributed by atoms with Crippen LogP contribution in [0, 0.1) is 0 Å². The molecule has 0 saturated carbocycles. The number of aliphatic carboxylic acids is 1. The molecule has 0 spiro atoms. The van der Waals surface area contributed by atoms with Gasteiger partial charge in [-0.05, 0) is 24.7 Å². The predicted octanol–water partition coefficient (Wildman–Crippen LogP) is 1.18. The highest BCUT2D eigenvalue weighted by atomic mass is 35.5. The van der Waals surface area contributed by atoms with Crippen molar-refractivity contribution in [1.82, 2.24) is 4.90 Å². The Morgan fingerprint density at radius 1 is 1.62 bits per heavy atom. The summed E-state index contributed by atoms with van der Waals surface area (Å²) in [6.07, 6.45) is 0. The lowest BCUT2D eigenvalue weighted by Crippen LogP contribution is -2.43. The summed E-state index contributed by atoms with van der Waals surface area (Å²) >= 11 is 5.84. The number of rotatable bonds is 5. The van der Waals surface area contributed by atoms with E-state index in [0.29, 0.717) is 11.6 Å². The van der Waals surface area contributed by atoms with E-state index in [-0.39, 0.29) is 6.54 Å². The van der Waals surface area contributed by atoms with E-state index in [9.17, 15) is 4.79 Å². The average Bonchev–Trinajstić information content (AvgIpc) is 2.17. The van der Waals surface area contributed by atoms with Crippen LogP contribution in [0.2, 0.25) is 5.02 Å². The molecular weight excluding hydrogens is 228 g/mol. The first-order valence-corrected chi connectivity index (χ1v) is 5.30. The molecule has 5 heteroatoms. The van der Waals surface area contributed by atoms with E-state index in [1.165, 1.54) is 0 Å². The Balaban J connectivity index is 2.69. The monoisotopic (exact) mass is 242 g/mol. The van der Waals surface area contributed by atoms with Crippen molar-refractivity contribution in [3.63, 3.8) is 0 Å². The molecule has 0 radical (unpaired) electrons. The zero-order chi connectivity index (χ0) is 12.1. The molecule has 3 N–H and O–H groups in total. The molecule has 0 fully saturated rings. The Bertz CT molecular complexity index is 371. The van der Waals surface area contributed by atoms with Gasteiger partial charge in [0.2, 0.25) is 0 Å². The van der Waals surface area contributed by atoms with E-state index < -0.39 is 12.0 Å². The van der Waals surface area contributed by atoms with Crippen molar-refractivity contribution in [2.75, 3.05) is 13.6 Å². The van der Waals surface area contributed by atoms with Crippen molar-refractivity contribution in [3.8, 4) is 0 Å². The van der Waals surface area contributed by atoms with Crippen molar-refractivity contribution in [2.45, 2.75) is 12.6 Å². The molecule has 1 atom stereocenters. The number of carboxylic acids is 1. The number of hydrogen-bond donors (Lipinski definition) is 2. The Morgan fingerprint density at radius 2 is 2.31 bits per heavy atom. The van der Waals surface area contributed by atoms with E-state index in [1.807, 2.05) is 18.2 Å². The van der Waals surface area contributed by atoms with E-state index in [2.05, 4.69) is 0 Å². The number of likely N-dealkylation sites (N-methyl/N-ethyl adjacent to an activating group) is 1. The SMILES string of the molecule is CN(Cc1cccc(Cl)c1)C(CN)C(=O)O. The van der Waals surface area contributed by atoms with Gasteiger partial charge in [-0.3, -0.25) is 9.69 Å². The molecule has 0 heterocycles. The molecule has 0 aromatic heterocycles. The molecule has 1 aromatic carbocycles. The van der Waals surface area contributed by atoms with Crippen molar-refractivity contribution in [3.05, 3.63) is 34.9 Å². The van der Waals surface area contributed by atoms with E-state index in [4.69, 9.17) is 22.4 Å². The molecular formula is C11H15ClN2O2. The summed E-state index contributed by atoms with van der Waals surface area (Å²) in [7, 11) is 1.73. The maximum atomic E-state index is 10.9. The Morgan fingerprint density at radius 3 is 2.81 bits per heavy atom. The highest BCUT2D eigenvalue weighted by Gasteiger charge is 2.20. The molecule has 1 unspecified atom stereocenters. The summed E-state index contributed by atoms with van der Waals surface area (Å²) in [4.78, 5) is 12.6. The number of benzene rings is 1. The van der Waals surface area contributed by atoms with Crippen LogP contribution in [0.3, 0.4) is 0 Å². The number of nitrogens with zero attached hydrogens (tertiary/aromatic N) is 1. The zero-order valence-corrected chi connectivity index (χ0v) is 9.81. The van der Waals surface area contributed by atoms with Gasteiger partial charge in [-0.2, -0.15) is 0 Å². The van der Waals surface area contributed by atoms with Crippen LogP contribution >= 0.6 is 11.6 Å². The van der Waals surface area contributed by atoms with Crippen LogP contribution in [0.15, 0.2) is 24.3 Å². The fraction of sp³-hybridized carbons (Fsp3) is 0.364. The van der Waals surface area contributed by atoms with Gasteiger partial charge in [0.1, 0.15) is 6.04 Å². The van der Waals surface area contributed by atoms with Crippen LogP contribution in [-0.2, 0) is 11.3 Å². The first-order valence-electron chi connectivity index (χ1n) is 4.92. The highest BCUT2D eigenvalue weighted by molar-refractivity contribution is 6.30. The van der Waals surface area contributed by atoms with Crippen molar-refractivity contribution < 1.29 is 9.90 Å². The summed E-state index contributed by atoms with van der Waals surface area (Å²) in [5, 5.41) is 9.57. The minimum Gasteiger partial charge on any atom is -0.480 e. The first kappa shape index (κ1) is 13.0. The van der Waals surface area contributed by atoms with Gasteiger partial charge in [0.25, 0.3) is 0 Å². The largest absolute Gasteiger partial charge is 0.480 e. The number of carbonyl (C=O) groups is 1. The van der Waals surface area contributed by atoms with E-state index in [0.717, 1.165) is 5.56 Å². The summed E-state index contributed by atoms with van der Waals surface area (Å²) < 4.78 is 0. The third kappa shape index (κ3) is 3.48. The predicted molar refractivity (Wildman–Crippen MR) is 63.4 cm³/mol. The van der Waals surface area contributed by atoms with Gasteiger partial charge in [-0.15, -0.1) is 0 Å². The first-order chi connectivity index (χ1) is 7.54. The van der Waals surface area contributed by atoms with Gasteiger partial charge in [-0.1, -0.05) is 23.7 Å². The van der Waals surface area contributed by atoms with Crippen LogP contribution in [0.5, 0.6) is 0 Å². The van der Waals surface area contributed by atoms with Crippen molar-refractivity contribution in [2.24, 2.45) is 5.73 Å². The third-order valence-electron chi connectivity index (χ3n) is 2.36. The quantitative estimate of drug-likeness (QED) is 0.814. The molecule has 1 rings (SSSR count). The molecule has 0 saturated heterocycles. The minimum atomic E-state index is -0.910. The zero-order valence-electron chi connectivity index (χ0n) is 9.06. The van der Waals surface area contributed by atoms with Gasteiger partial charge in [0, 0.05) is 18.1 Å². The molecule has 0 bridgehead atoms. The molecule has 0 aliphatic rings. The van der Waals surface area contributed by atoms with Crippen molar-refractivity contribution in [1.29, 1.82) is 0 Å².